The average Bonchev–Trinajstić information content (AvgIpc) is 1.58. The second kappa shape index (κ2) is 4.19. The van der Waals surface area contributed by atoms with Crippen LogP contribution in [0.3, 0.4) is 0 Å². The fraction of sp³-hybridized carbons (Fsp3) is 0.571. The molecule has 0 aliphatic heterocycles. The first-order valence-corrected chi connectivity index (χ1v) is 3.18. The number of hydrazine groups is 1. The summed E-state index contributed by atoms with van der Waals surface area (Å²) in [6, 6.07) is 0. The SMILES string of the molecule is C=C(C)N=C(C)CN(C)N. The van der Waals surface area contributed by atoms with E-state index in [1.165, 1.54) is 0 Å². The van der Waals surface area contributed by atoms with Crippen LogP contribution in [0.15, 0.2) is 17.3 Å². The van der Waals surface area contributed by atoms with E-state index >= 15 is 0 Å². The molecule has 10 heavy (non-hydrogen) atoms. The molecule has 2 N–H and O–H groups in total. The molecule has 0 radical (unpaired) electrons. The molecule has 0 saturated heterocycles. The van der Waals surface area contributed by atoms with Crippen LogP contribution >= 0.6 is 0 Å². The van der Waals surface area contributed by atoms with Crippen LogP contribution in [0, 0.1) is 0 Å². The Bertz CT molecular complexity index is 147. The van der Waals surface area contributed by atoms with Crippen molar-refractivity contribution in [2.45, 2.75) is 13.8 Å². The van der Waals surface area contributed by atoms with E-state index in [9.17, 15) is 0 Å². The van der Waals surface area contributed by atoms with Gasteiger partial charge in [0.25, 0.3) is 0 Å². The van der Waals surface area contributed by atoms with Crippen LogP contribution in [0.2, 0.25) is 0 Å². The largest absolute Gasteiger partial charge is 0.269 e. The van der Waals surface area contributed by atoms with Gasteiger partial charge in [-0.2, -0.15) is 0 Å². The summed E-state index contributed by atoms with van der Waals surface area (Å²) in [6.07, 6.45) is 0. The first-order valence-electron chi connectivity index (χ1n) is 3.18. The van der Waals surface area contributed by atoms with Gasteiger partial charge < -0.3 is 0 Å². The second-order valence-electron chi connectivity index (χ2n) is 2.50. The van der Waals surface area contributed by atoms with Crippen molar-refractivity contribution in [3.63, 3.8) is 0 Å². The van der Waals surface area contributed by atoms with Gasteiger partial charge in [0.15, 0.2) is 0 Å². The Morgan fingerprint density at radius 3 is 2.40 bits per heavy atom. The number of hydrogen-bond acceptors (Lipinski definition) is 3. The average molecular weight is 141 g/mol. The summed E-state index contributed by atoms with van der Waals surface area (Å²) < 4.78 is 0. The monoisotopic (exact) mass is 141 g/mol. The summed E-state index contributed by atoms with van der Waals surface area (Å²) in [7, 11) is 1.80. The van der Waals surface area contributed by atoms with Crippen LogP contribution in [-0.2, 0) is 0 Å². The molecular weight excluding hydrogens is 126 g/mol. The van der Waals surface area contributed by atoms with Crippen molar-refractivity contribution in [1.29, 1.82) is 0 Å². The number of rotatable bonds is 3. The number of allylic oxidation sites excluding steroid dienone is 1. The van der Waals surface area contributed by atoms with Crippen LogP contribution in [0.4, 0.5) is 0 Å². The lowest BCUT2D eigenvalue weighted by Crippen LogP contribution is -2.30. The van der Waals surface area contributed by atoms with Gasteiger partial charge in [-0.3, -0.25) is 10.8 Å². The van der Waals surface area contributed by atoms with Crippen molar-refractivity contribution in [2.24, 2.45) is 10.8 Å². The predicted octanol–water partition coefficient (Wildman–Crippen LogP) is 0.786. The second-order valence-corrected chi connectivity index (χ2v) is 2.50. The minimum Gasteiger partial charge on any atom is -0.269 e. The quantitative estimate of drug-likeness (QED) is 0.358. The van der Waals surface area contributed by atoms with Gasteiger partial charge in [0, 0.05) is 18.5 Å². The zero-order chi connectivity index (χ0) is 8.15. The lowest BCUT2D eigenvalue weighted by atomic mass is 10.4. The Kier molecular flexibility index (Phi) is 3.91. The molecule has 0 aromatic carbocycles. The minimum atomic E-state index is 0.687. The maximum absolute atomic E-state index is 5.39. The Balaban J connectivity index is 3.83. The normalized spacial score (nSPS) is 12.3. The standard InChI is InChI=1S/C7H15N3/c1-6(2)9-7(3)5-10(4)8/h1,5,8H2,2-4H3. The van der Waals surface area contributed by atoms with Crippen LogP contribution in [0.25, 0.3) is 0 Å². The highest BCUT2D eigenvalue weighted by Crippen LogP contribution is 1.90. The number of nitrogens with zero attached hydrogens (tertiary/aromatic N) is 2. The fourth-order valence-electron chi connectivity index (χ4n) is 0.722. The first kappa shape index (κ1) is 9.33. The van der Waals surface area contributed by atoms with E-state index in [-0.39, 0.29) is 0 Å². The molecule has 0 spiro atoms. The van der Waals surface area contributed by atoms with Gasteiger partial charge in [0.2, 0.25) is 0 Å². The van der Waals surface area contributed by atoms with Crippen LogP contribution in [0.1, 0.15) is 13.8 Å². The molecule has 0 rings (SSSR count). The Morgan fingerprint density at radius 1 is 1.60 bits per heavy atom. The summed E-state index contributed by atoms with van der Waals surface area (Å²) in [5, 5.41) is 1.59. The zero-order valence-electron chi connectivity index (χ0n) is 6.89. The van der Waals surface area contributed by atoms with Gasteiger partial charge in [0.05, 0.1) is 6.54 Å². The summed E-state index contributed by atoms with van der Waals surface area (Å²) in [6.45, 7) is 8.13. The first-order chi connectivity index (χ1) is 4.52. The lowest BCUT2D eigenvalue weighted by molar-refractivity contribution is 0.400. The molecule has 0 aromatic heterocycles. The van der Waals surface area contributed by atoms with Crippen molar-refractivity contribution >= 4 is 5.71 Å². The molecule has 0 fully saturated rings. The summed E-state index contributed by atoms with van der Waals surface area (Å²) >= 11 is 0. The number of hydrogen-bond donors (Lipinski definition) is 1. The van der Waals surface area contributed by atoms with E-state index in [4.69, 9.17) is 5.84 Å². The molecule has 0 amide bonds. The molecule has 0 aliphatic rings. The highest BCUT2D eigenvalue weighted by molar-refractivity contribution is 5.84. The van der Waals surface area contributed by atoms with E-state index in [1.807, 2.05) is 13.8 Å². The van der Waals surface area contributed by atoms with E-state index in [2.05, 4.69) is 11.6 Å². The molecule has 0 aliphatic carbocycles. The van der Waals surface area contributed by atoms with Crippen molar-refractivity contribution in [3.8, 4) is 0 Å². The van der Waals surface area contributed by atoms with Gasteiger partial charge in [0.1, 0.15) is 0 Å². The third kappa shape index (κ3) is 5.47. The third-order valence-electron chi connectivity index (χ3n) is 0.860. The molecule has 0 heterocycles. The van der Waals surface area contributed by atoms with Crippen molar-refractivity contribution < 1.29 is 0 Å². The highest BCUT2D eigenvalue weighted by Gasteiger charge is 1.92. The molecule has 3 heteroatoms. The van der Waals surface area contributed by atoms with Gasteiger partial charge in [-0.15, -0.1) is 0 Å². The van der Waals surface area contributed by atoms with Gasteiger partial charge in [-0.05, 0) is 13.8 Å². The van der Waals surface area contributed by atoms with E-state index in [1.54, 1.807) is 12.1 Å². The van der Waals surface area contributed by atoms with Crippen molar-refractivity contribution in [3.05, 3.63) is 12.3 Å². The van der Waals surface area contributed by atoms with Crippen LogP contribution < -0.4 is 5.84 Å². The summed E-state index contributed by atoms with van der Waals surface area (Å²) in [5.41, 5.74) is 1.80. The molecule has 0 aromatic rings. The summed E-state index contributed by atoms with van der Waals surface area (Å²) in [4.78, 5) is 4.12. The molecule has 3 nitrogen and oxygen atoms in total. The van der Waals surface area contributed by atoms with Gasteiger partial charge in [-0.25, -0.2) is 5.01 Å². The van der Waals surface area contributed by atoms with Crippen molar-refractivity contribution in [1.82, 2.24) is 5.01 Å². The van der Waals surface area contributed by atoms with Crippen molar-refractivity contribution in [2.75, 3.05) is 13.6 Å². The Hall–Kier alpha value is -0.670. The molecule has 0 atom stereocenters. The lowest BCUT2D eigenvalue weighted by Gasteiger charge is -2.07. The van der Waals surface area contributed by atoms with E-state index < -0.39 is 0 Å². The number of nitrogens with two attached hydrogens (primary N) is 1. The minimum absolute atomic E-state index is 0.687. The van der Waals surface area contributed by atoms with E-state index in [0.29, 0.717) is 6.54 Å². The molecule has 0 bridgehead atoms. The Labute approximate surface area is 62.2 Å². The highest BCUT2D eigenvalue weighted by atomic mass is 15.4. The van der Waals surface area contributed by atoms with Gasteiger partial charge >= 0.3 is 0 Å². The molecule has 58 valence electrons. The molecular formula is C7H15N3. The molecule has 0 saturated carbocycles. The van der Waals surface area contributed by atoms with Gasteiger partial charge in [-0.1, -0.05) is 6.58 Å². The zero-order valence-corrected chi connectivity index (χ0v) is 6.89. The summed E-state index contributed by atoms with van der Waals surface area (Å²) in [5.74, 6) is 5.39. The number of aliphatic imine (C=N–C) groups is 1. The third-order valence-corrected chi connectivity index (χ3v) is 0.860. The van der Waals surface area contributed by atoms with Crippen LogP contribution in [-0.4, -0.2) is 24.3 Å². The smallest absolute Gasteiger partial charge is 0.0507 e. The Morgan fingerprint density at radius 2 is 2.10 bits per heavy atom. The predicted molar refractivity (Wildman–Crippen MR) is 44.7 cm³/mol. The molecule has 0 unspecified atom stereocenters. The van der Waals surface area contributed by atoms with Crippen LogP contribution in [0.5, 0.6) is 0 Å². The van der Waals surface area contributed by atoms with E-state index in [0.717, 1.165) is 11.4 Å². The maximum Gasteiger partial charge on any atom is 0.0507 e. The maximum atomic E-state index is 5.39. The fourth-order valence-corrected chi connectivity index (χ4v) is 0.722. The topological polar surface area (TPSA) is 41.6 Å².